The molecule has 0 saturated carbocycles. The summed E-state index contributed by atoms with van der Waals surface area (Å²) in [6, 6.07) is 0. The number of ether oxygens (including phenoxy) is 2. The second kappa shape index (κ2) is 13.3. The molecular weight excluding hydrogens is 304 g/mol. The topological polar surface area (TPSA) is 52.6 Å². The fourth-order valence-corrected chi connectivity index (χ4v) is 2.69. The second-order valence-corrected chi connectivity index (χ2v) is 7.64. The Balaban J connectivity index is 3.91. The van der Waals surface area contributed by atoms with Crippen molar-refractivity contribution in [2.24, 2.45) is 0 Å². The molecule has 0 rings (SSSR count). The van der Waals surface area contributed by atoms with E-state index in [1.54, 1.807) is 0 Å². The molecular formula is C20H38O4. The highest BCUT2D eigenvalue weighted by Gasteiger charge is 2.22. The highest BCUT2D eigenvalue weighted by Crippen LogP contribution is 2.16. The molecule has 0 N–H and O–H groups in total. The largest absolute Gasteiger partial charge is 0.462 e. The predicted octanol–water partition coefficient (Wildman–Crippen LogP) is 5.57. The van der Waals surface area contributed by atoms with Crippen LogP contribution in [0, 0.1) is 0 Å². The summed E-state index contributed by atoms with van der Waals surface area (Å²) in [5.41, 5.74) is -0.504. The minimum atomic E-state index is -0.504. The van der Waals surface area contributed by atoms with Crippen molar-refractivity contribution in [1.29, 1.82) is 0 Å². The molecule has 0 aromatic carbocycles. The Labute approximate surface area is 148 Å². The standard InChI is InChI=1S/C20H38O4/c1-6-7-8-9-10-11-12-13-14-15-18(23-17(2)21)16-19(22)24-20(3,4)5/h18H,6-16H2,1-5H3/t18-/m0/s1. The number of hydrogen-bond donors (Lipinski definition) is 0. The van der Waals surface area contributed by atoms with Crippen LogP contribution in [-0.4, -0.2) is 23.6 Å². The van der Waals surface area contributed by atoms with Crippen LogP contribution in [0.5, 0.6) is 0 Å². The van der Waals surface area contributed by atoms with E-state index in [1.807, 2.05) is 20.8 Å². The lowest BCUT2D eigenvalue weighted by atomic mass is 10.0. The summed E-state index contributed by atoms with van der Waals surface area (Å²) in [7, 11) is 0. The zero-order chi connectivity index (χ0) is 18.4. The van der Waals surface area contributed by atoms with E-state index in [9.17, 15) is 9.59 Å². The lowest BCUT2D eigenvalue weighted by Gasteiger charge is -2.22. The Bertz CT molecular complexity index is 344. The van der Waals surface area contributed by atoms with E-state index in [4.69, 9.17) is 9.47 Å². The lowest BCUT2D eigenvalue weighted by Crippen LogP contribution is -2.28. The zero-order valence-electron chi connectivity index (χ0n) is 16.5. The van der Waals surface area contributed by atoms with Gasteiger partial charge in [0.1, 0.15) is 11.7 Å². The molecule has 0 aliphatic heterocycles. The lowest BCUT2D eigenvalue weighted by molar-refractivity contribution is -0.161. The minimum Gasteiger partial charge on any atom is -0.462 e. The Hall–Kier alpha value is -1.06. The number of unbranched alkanes of at least 4 members (excludes halogenated alkanes) is 8. The summed E-state index contributed by atoms with van der Waals surface area (Å²) < 4.78 is 10.6. The maximum absolute atomic E-state index is 11.9. The van der Waals surface area contributed by atoms with Gasteiger partial charge in [0.05, 0.1) is 6.42 Å². The third kappa shape index (κ3) is 15.8. The van der Waals surface area contributed by atoms with Gasteiger partial charge in [-0.1, -0.05) is 58.3 Å². The quantitative estimate of drug-likeness (QED) is 0.324. The normalized spacial score (nSPS) is 12.7. The molecule has 4 nitrogen and oxygen atoms in total. The van der Waals surface area contributed by atoms with Crippen LogP contribution >= 0.6 is 0 Å². The van der Waals surface area contributed by atoms with Gasteiger partial charge in [0.25, 0.3) is 0 Å². The van der Waals surface area contributed by atoms with Gasteiger partial charge in [0.15, 0.2) is 0 Å². The van der Waals surface area contributed by atoms with Crippen molar-refractivity contribution < 1.29 is 19.1 Å². The second-order valence-electron chi connectivity index (χ2n) is 7.64. The summed E-state index contributed by atoms with van der Waals surface area (Å²) in [6.07, 6.45) is 11.7. The molecule has 0 unspecified atom stereocenters. The van der Waals surface area contributed by atoms with Crippen LogP contribution in [-0.2, 0) is 19.1 Å². The van der Waals surface area contributed by atoms with Crippen molar-refractivity contribution in [3.63, 3.8) is 0 Å². The first-order chi connectivity index (χ1) is 11.2. The van der Waals surface area contributed by atoms with Crippen LogP contribution in [0.4, 0.5) is 0 Å². The highest BCUT2D eigenvalue weighted by molar-refractivity contribution is 5.71. The molecule has 24 heavy (non-hydrogen) atoms. The third-order valence-corrected chi connectivity index (χ3v) is 3.78. The van der Waals surface area contributed by atoms with E-state index in [2.05, 4.69) is 6.92 Å². The van der Waals surface area contributed by atoms with Gasteiger partial charge >= 0.3 is 11.9 Å². The van der Waals surface area contributed by atoms with Gasteiger partial charge in [0, 0.05) is 6.92 Å². The molecule has 1 atom stereocenters. The summed E-state index contributed by atoms with van der Waals surface area (Å²) in [6.45, 7) is 9.14. The average Bonchev–Trinajstić information content (AvgIpc) is 2.42. The monoisotopic (exact) mass is 342 g/mol. The Kier molecular flexibility index (Phi) is 12.7. The van der Waals surface area contributed by atoms with Crippen molar-refractivity contribution in [3.8, 4) is 0 Å². The van der Waals surface area contributed by atoms with Gasteiger partial charge in [-0.2, -0.15) is 0 Å². The van der Waals surface area contributed by atoms with E-state index < -0.39 is 5.60 Å². The van der Waals surface area contributed by atoms with Crippen molar-refractivity contribution in [2.45, 2.75) is 117 Å². The number of carbonyl (C=O) groups excluding carboxylic acids is 2. The van der Waals surface area contributed by atoms with Gasteiger partial charge in [0.2, 0.25) is 0 Å². The molecule has 0 bridgehead atoms. The van der Waals surface area contributed by atoms with Gasteiger partial charge in [-0.3, -0.25) is 9.59 Å². The molecule has 0 aromatic heterocycles. The molecule has 0 aliphatic rings. The van der Waals surface area contributed by atoms with Crippen LogP contribution in [0.3, 0.4) is 0 Å². The maximum atomic E-state index is 11.9. The van der Waals surface area contributed by atoms with Crippen molar-refractivity contribution >= 4 is 11.9 Å². The molecule has 0 spiro atoms. The molecule has 0 radical (unpaired) electrons. The van der Waals surface area contributed by atoms with Crippen LogP contribution in [0.1, 0.15) is 105 Å². The molecule has 0 fully saturated rings. The molecule has 0 saturated heterocycles. The number of esters is 2. The first kappa shape index (κ1) is 22.9. The highest BCUT2D eigenvalue weighted by atomic mass is 16.6. The fourth-order valence-electron chi connectivity index (χ4n) is 2.69. The molecule has 0 heterocycles. The van der Waals surface area contributed by atoms with Crippen molar-refractivity contribution in [3.05, 3.63) is 0 Å². The summed E-state index contributed by atoms with van der Waals surface area (Å²) in [5, 5.41) is 0. The van der Waals surface area contributed by atoms with Gasteiger partial charge in [-0.05, 0) is 33.6 Å². The first-order valence-electron chi connectivity index (χ1n) is 9.63. The van der Waals surface area contributed by atoms with E-state index in [0.29, 0.717) is 0 Å². The Morgan fingerprint density at radius 2 is 1.38 bits per heavy atom. The summed E-state index contributed by atoms with van der Waals surface area (Å²) in [4.78, 5) is 23.1. The minimum absolute atomic E-state index is 0.147. The molecule has 0 amide bonds. The van der Waals surface area contributed by atoms with E-state index in [0.717, 1.165) is 19.3 Å². The molecule has 142 valence electrons. The van der Waals surface area contributed by atoms with Gasteiger partial charge < -0.3 is 9.47 Å². The summed E-state index contributed by atoms with van der Waals surface area (Å²) >= 11 is 0. The van der Waals surface area contributed by atoms with Crippen LogP contribution in [0.25, 0.3) is 0 Å². The van der Waals surface area contributed by atoms with E-state index >= 15 is 0 Å². The summed E-state index contributed by atoms with van der Waals surface area (Å²) in [5.74, 6) is -0.635. The zero-order valence-corrected chi connectivity index (χ0v) is 16.5. The predicted molar refractivity (Wildman–Crippen MR) is 97.9 cm³/mol. The van der Waals surface area contributed by atoms with Crippen molar-refractivity contribution in [2.75, 3.05) is 0 Å². The molecule has 0 aromatic rings. The van der Waals surface area contributed by atoms with E-state index in [-0.39, 0.29) is 24.5 Å². The van der Waals surface area contributed by atoms with Gasteiger partial charge in [-0.15, -0.1) is 0 Å². The number of hydrogen-bond acceptors (Lipinski definition) is 4. The van der Waals surface area contributed by atoms with E-state index in [1.165, 1.54) is 51.9 Å². The first-order valence-corrected chi connectivity index (χ1v) is 9.63. The number of carbonyl (C=O) groups is 2. The SMILES string of the molecule is CCCCCCCCCCC[C@@H](CC(=O)OC(C)(C)C)OC(C)=O. The van der Waals surface area contributed by atoms with Crippen LogP contribution in [0.15, 0.2) is 0 Å². The number of rotatable bonds is 13. The van der Waals surface area contributed by atoms with Gasteiger partial charge in [-0.25, -0.2) is 0 Å². The fraction of sp³-hybridized carbons (Fsp3) is 0.900. The van der Waals surface area contributed by atoms with Crippen molar-refractivity contribution in [1.82, 2.24) is 0 Å². The molecule has 0 aliphatic carbocycles. The van der Waals surface area contributed by atoms with Crippen LogP contribution < -0.4 is 0 Å². The molecule has 4 heteroatoms. The van der Waals surface area contributed by atoms with Crippen LogP contribution in [0.2, 0.25) is 0 Å². The Morgan fingerprint density at radius 1 is 0.875 bits per heavy atom. The Morgan fingerprint density at radius 3 is 1.83 bits per heavy atom. The smallest absolute Gasteiger partial charge is 0.310 e. The maximum Gasteiger partial charge on any atom is 0.310 e. The average molecular weight is 343 g/mol. The third-order valence-electron chi connectivity index (χ3n) is 3.78.